The zero-order chi connectivity index (χ0) is 20.4. The molecule has 2 aromatic rings. The maximum absolute atomic E-state index is 13.3. The van der Waals surface area contributed by atoms with Crippen LogP contribution in [0.3, 0.4) is 0 Å². The predicted octanol–water partition coefficient (Wildman–Crippen LogP) is 2.23. The van der Waals surface area contributed by atoms with Crippen LogP contribution in [0.15, 0.2) is 48.5 Å². The third kappa shape index (κ3) is 4.38. The molecular formula is C23H29N3O3. The Bertz CT molecular complexity index is 858. The van der Waals surface area contributed by atoms with Crippen molar-refractivity contribution < 1.29 is 14.6 Å². The molecule has 0 radical (unpaired) electrons. The fraction of sp³-hybridized carbons (Fsp3) is 0.435. The number of hydrogen-bond acceptors (Lipinski definition) is 5. The molecular weight excluding hydrogens is 366 g/mol. The van der Waals surface area contributed by atoms with Crippen LogP contribution in [0.25, 0.3) is 0 Å². The summed E-state index contributed by atoms with van der Waals surface area (Å²) in [5.41, 5.74) is 8.73. The lowest BCUT2D eigenvalue weighted by molar-refractivity contribution is -0.140. The van der Waals surface area contributed by atoms with Gasteiger partial charge in [-0.2, -0.15) is 0 Å². The van der Waals surface area contributed by atoms with Gasteiger partial charge in [0.25, 0.3) is 5.91 Å². The highest BCUT2D eigenvalue weighted by molar-refractivity contribution is 5.82. The number of aryl methyl sites for hydroxylation is 1. The number of nitrogens with zero attached hydrogens (tertiary/aromatic N) is 2. The largest absolute Gasteiger partial charge is 0.480 e. The summed E-state index contributed by atoms with van der Waals surface area (Å²) in [5, 5.41) is 9.90. The predicted molar refractivity (Wildman–Crippen MR) is 113 cm³/mol. The molecule has 4 rings (SSSR count). The van der Waals surface area contributed by atoms with E-state index >= 15 is 0 Å². The summed E-state index contributed by atoms with van der Waals surface area (Å²) in [6.45, 7) is 2.20. The van der Waals surface area contributed by atoms with E-state index in [9.17, 15) is 9.90 Å². The molecule has 0 aliphatic carbocycles. The molecule has 1 fully saturated rings. The van der Waals surface area contributed by atoms with Crippen LogP contribution in [0.4, 0.5) is 5.69 Å². The number of ether oxygens (including phenoxy) is 1. The van der Waals surface area contributed by atoms with E-state index in [-0.39, 0.29) is 18.1 Å². The first kappa shape index (κ1) is 19.7. The summed E-state index contributed by atoms with van der Waals surface area (Å²) in [5.74, 6) is 0.734. The van der Waals surface area contributed by atoms with Gasteiger partial charge in [-0.25, -0.2) is 0 Å². The first-order valence-electron chi connectivity index (χ1n) is 10.3. The summed E-state index contributed by atoms with van der Waals surface area (Å²) in [4.78, 5) is 17.4. The number of likely N-dealkylation sites (N-methyl/N-ethyl adjacent to an activating group) is 1. The Labute approximate surface area is 171 Å². The van der Waals surface area contributed by atoms with Crippen LogP contribution in [0.2, 0.25) is 0 Å². The van der Waals surface area contributed by atoms with Gasteiger partial charge in [-0.3, -0.25) is 9.69 Å². The van der Waals surface area contributed by atoms with Crippen molar-refractivity contribution in [2.45, 2.75) is 37.5 Å². The van der Waals surface area contributed by atoms with Gasteiger partial charge >= 0.3 is 0 Å². The third-order valence-electron chi connectivity index (χ3n) is 5.98. The second-order valence-corrected chi connectivity index (χ2v) is 8.09. The molecule has 2 aromatic carbocycles. The topological polar surface area (TPSA) is 79.0 Å². The highest BCUT2D eigenvalue weighted by Gasteiger charge is 2.34. The zero-order valence-corrected chi connectivity index (χ0v) is 16.8. The second kappa shape index (κ2) is 8.43. The van der Waals surface area contributed by atoms with Crippen LogP contribution in [-0.4, -0.2) is 59.7 Å². The van der Waals surface area contributed by atoms with E-state index in [0.717, 1.165) is 36.3 Å². The molecule has 1 unspecified atom stereocenters. The minimum absolute atomic E-state index is 0.0129. The number of carbonyl (C=O) groups is 1. The van der Waals surface area contributed by atoms with Crippen molar-refractivity contribution >= 4 is 11.6 Å². The summed E-state index contributed by atoms with van der Waals surface area (Å²) in [6.07, 6.45) is 1.43. The molecule has 2 aliphatic heterocycles. The van der Waals surface area contributed by atoms with Crippen molar-refractivity contribution in [2.75, 3.05) is 32.4 Å². The van der Waals surface area contributed by atoms with E-state index in [0.29, 0.717) is 25.2 Å². The number of likely N-dealkylation sites (tertiary alicyclic amines) is 1. The molecule has 1 saturated heterocycles. The number of aliphatic hydroxyl groups excluding tert-OH is 1. The van der Waals surface area contributed by atoms with Crippen LogP contribution in [0.5, 0.6) is 5.75 Å². The smallest absolute Gasteiger partial charge is 0.263 e. The van der Waals surface area contributed by atoms with Crippen LogP contribution < -0.4 is 10.5 Å². The molecule has 154 valence electrons. The van der Waals surface area contributed by atoms with E-state index in [1.54, 1.807) is 6.07 Å². The average molecular weight is 396 g/mol. The van der Waals surface area contributed by atoms with Crippen molar-refractivity contribution in [1.82, 2.24) is 9.80 Å². The minimum Gasteiger partial charge on any atom is -0.480 e. The van der Waals surface area contributed by atoms with Gasteiger partial charge in [0.2, 0.25) is 0 Å². The molecule has 0 bridgehead atoms. The molecule has 6 heteroatoms. The lowest BCUT2D eigenvalue weighted by atomic mass is 9.99. The highest BCUT2D eigenvalue weighted by Crippen LogP contribution is 2.31. The molecule has 0 spiro atoms. The molecule has 6 nitrogen and oxygen atoms in total. The third-order valence-corrected chi connectivity index (χ3v) is 5.98. The lowest BCUT2D eigenvalue weighted by Crippen LogP contribution is -2.46. The number of carbonyl (C=O) groups excluding carboxylic acids is 1. The number of anilines is 1. The zero-order valence-electron chi connectivity index (χ0n) is 16.8. The number of β-amino-alcohol motifs (C(OH)–C–C–N with tert-alkyl or cyclic N) is 1. The van der Waals surface area contributed by atoms with E-state index in [4.69, 9.17) is 10.5 Å². The molecule has 3 N–H and O–H groups in total. The SMILES string of the molecule is CN(C(=O)C1CCc2cc(N)ccc2O1)[C@H](CN1CC[C@H](O)C1)c1ccccc1. The Balaban J connectivity index is 1.51. The molecule has 0 aromatic heterocycles. The first-order chi connectivity index (χ1) is 14.0. The molecule has 1 amide bonds. The van der Waals surface area contributed by atoms with Gasteiger partial charge in [-0.15, -0.1) is 0 Å². The number of amides is 1. The van der Waals surface area contributed by atoms with Crippen molar-refractivity contribution in [3.63, 3.8) is 0 Å². The van der Waals surface area contributed by atoms with Crippen LogP contribution in [-0.2, 0) is 11.2 Å². The van der Waals surface area contributed by atoms with Crippen LogP contribution >= 0.6 is 0 Å². The van der Waals surface area contributed by atoms with Crippen molar-refractivity contribution in [1.29, 1.82) is 0 Å². The van der Waals surface area contributed by atoms with E-state index in [2.05, 4.69) is 17.0 Å². The Hall–Kier alpha value is -2.57. The maximum atomic E-state index is 13.3. The number of aliphatic hydroxyl groups is 1. The fourth-order valence-electron chi connectivity index (χ4n) is 4.31. The number of nitrogen functional groups attached to an aromatic ring is 1. The molecule has 3 atom stereocenters. The number of benzene rings is 2. The Morgan fingerprint density at radius 1 is 1.28 bits per heavy atom. The first-order valence-corrected chi connectivity index (χ1v) is 10.3. The Kier molecular flexibility index (Phi) is 5.74. The number of fused-ring (bicyclic) bond motifs is 1. The fourth-order valence-corrected chi connectivity index (χ4v) is 4.31. The summed E-state index contributed by atoms with van der Waals surface area (Å²) < 4.78 is 6.04. The maximum Gasteiger partial charge on any atom is 0.263 e. The van der Waals surface area contributed by atoms with Crippen LogP contribution in [0.1, 0.15) is 30.0 Å². The van der Waals surface area contributed by atoms with Gasteiger partial charge < -0.3 is 20.5 Å². The van der Waals surface area contributed by atoms with E-state index in [1.807, 2.05) is 42.3 Å². The summed E-state index contributed by atoms with van der Waals surface area (Å²) in [7, 11) is 1.86. The quantitative estimate of drug-likeness (QED) is 0.759. The van der Waals surface area contributed by atoms with E-state index in [1.165, 1.54) is 0 Å². The molecule has 2 aliphatic rings. The van der Waals surface area contributed by atoms with Crippen molar-refractivity contribution in [2.24, 2.45) is 0 Å². The number of hydrogen-bond donors (Lipinski definition) is 2. The minimum atomic E-state index is -0.494. The van der Waals surface area contributed by atoms with Gasteiger partial charge in [0.1, 0.15) is 5.75 Å². The van der Waals surface area contributed by atoms with Crippen molar-refractivity contribution in [3.05, 3.63) is 59.7 Å². The summed E-state index contributed by atoms with van der Waals surface area (Å²) >= 11 is 0. The van der Waals surface area contributed by atoms with E-state index < -0.39 is 6.10 Å². The second-order valence-electron chi connectivity index (χ2n) is 8.09. The molecule has 0 saturated carbocycles. The monoisotopic (exact) mass is 395 g/mol. The van der Waals surface area contributed by atoms with Gasteiger partial charge in [0, 0.05) is 32.4 Å². The van der Waals surface area contributed by atoms with Crippen LogP contribution in [0, 0.1) is 0 Å². The normalized spacial score (nSPS) is 22.6. The Morgan fingerprint density at radius 3 is 2.79 bits per heavy atom. The van der Waals surface area contributed by atoms with Gasteiger partial charge in [0.05, 0.1) is 12.1 Å². The highest BCUT2D eigenvalue weighted by atomic mass is 16.5. The van der Waals surface area contributed by atoms with Gasteiger partial charge in [-0.1, -0.05) is 30.3 Å². The number of nitrogens with two attached hydrogens (primary N) is 1. The Morgan fingerprint density at radius 2 is 2.07 bits per heavy atom. The van der Waals surface area contributed by atoms with Gasteiger partial charge in [-0.05, 0) is 48.6 Å². The average Bonchev–Trinajstić information content (AvgIpc) is 3.16. The van der Waals surface area contributed by atoms with Crippen molar-refractivity contribution in [3.8, 4) is 5.75 Å². The molecule has 2 heterocycles. The number of rotatable bonds is 5. The molecule has 29 heavy (non-hydrogen) atoms. The standard InChI is InChI=1S/C23H29N3O3/c1-25(23(28)22-9-7-17-13-18(24)8-10-21(17)29-22)20(16-5-3-2-4-6-16)15-26-12-11-19(27)14-26/h2-6,8,10,13,19-20,22,27H,7,9,11-12,14-15,24H2,1H3/t19-,20+,22?/m0/s1. The van der Waals surface area contributed by atoms with Gasteiger partial charge in [0.15, 0.2) is 6.10 Å². The summed E-state index contributed by atoms with van der Waals surface area (Å²) in [6, 6.07) is 15.6. The lowest BCUT2D eigenvalue weighted by Gasteiger charge is -2.35.